The number of oxime groups is 1. The van der Waals surface area contributed by atoms with Gasteiger partial charge in [-0.3, -0.25) is 23.4 Å². The zero-order chi connectivity index (χ0) is 33.8. The zero-order valence-electron chi connectivity index (χ0n) is 23.9. The van der Waals surface area contributed by atoms with E-state index >= 15 is 0 Å². The van der Waals surface area contributed by atoms with E-state index in [1.54, 1.807) is 0 Å². The molecular weight excluding hydrogens is 650 g/mol. The second-order valence-electron chi connectivity index (χ2n) is 11.0. The van der Waals surface area contributed by atoms with Gasteiger partial charge in [0.15, 0.2) is 22.3 Å². The average Bonchev–Trinajstić information content (AvgIpc) is 3.84. The third-order valence-corrected chi connectivity index (χ3v) is 8.72. The lowest BCUT2D eigenvalue weighted by atomic mass is 10.0. The number of pyridine rings is 1. The number of hydrogen-bond donors (Lipinski definition) is 6. The molecule has 3 aliphatic rings. The number of hydroxylamine groups is 2. The molecule has 2 unspecified atom stereocenters. The van der Waals surface area contributed by atoms with E-state index < -0.39 is 89.1 Å². The topological polar surface area (TPSA) is 287 Å². The van der Waals surface area contributed by atoms with Gasteiger partial charge >= 0.3 is 29.3 Å². The van der Waals surface area contributed by atoms with E-state index in [-0.39, 0.29) is 34.2 Å². The van der Waals surface area contributed by atoms with Crippen LogP contribution in [0.15, 0.2) is 33.8 Å². The van der Waals surface area contributed by atoms with Crippen LogP contribution in [0.25, 0.3) is 5.52 Å². The molecule has 0 radical (unpaired) electrons. The Morgan fingerprint density at radius 3 is 2.47 bits per heavy atom. The molecule has 3 atom stereocenters. The van der Waals surface area contributed by atoms with E-state index in [2.05, 4.69) is 15.5 Å². The number of nitrogens with zero attached hydrogens (tertiary/aromatic N) is 5. The Balaban J connectivity index is 1.24. The first-order chi connectivity index (χ1) is 22.3. The van der Waals surface area contributed by atoms with Gasteiger partial charge in [0.1, 0.15) is 24.4 Å². The van der Waals surface area contributed by atoms with Crippen LogP contribution in [-0.2, 0) is 38.4 Å². The van der Waals surface area contributed by atoms with Crippen LogP contribution in [-0.4, -0.2) is 98.8 Å². The monoisotopic (exact) mass is 675 g/mol. The van der Waals surface area contributed by atoms with E-state index in [1.807, 2.05) is 0 Å². The number of nitrogens with two attached hydrogens (primary N) is 1. The number of nitrogens with one attached hydrogen (secondary N) is 1. The van der Waals surface area contributed by atoms with Crippen molar-refractivity contribution in [2.45, 2.75) is 55.5 Å². The van der Waals surface area contributed by atoms with Gasteiger partial charge in [0.05, 0.1) is 18.1 Å². The van der Waals surface area contributed by atoms with Gasteiger partial charge in [-0.15, -0.1) is 11.3 Å². The molecule has 0 spiro atoms. The minimum atomic E-state index is -2.77. The van der Waals surface area contributed by atoms with Crippen LogP contribution in [0.3, 0.4) is 0 Å². The third kappa shape index (κ3) is 5.13. The molecule has 3 fully saturated rings. The Hall–Kier alpha value is -5.70. The minimum absolute atomic E-state index is 0.0468. The highest BCUT2D eigenvalue weighted by molar-refractivity contribution is 7.13. The molecule has 1 saturated carbocycles. The first kappa shape index (κ1) is 31.3. The number of carboxylic acids is 2. The molecule has 1 aliphatic carbocycles. The standard InChI is InChI=1S/C26H25N7O13S/c27-23-29-13(10-47-23)17(30-46-25(21(39)40)3-1-2-4-25)18(36)28-12-9-44-33(19(12)37)26(22(41)42)6-14(20(38)45-26)32-7-11-5-15(34)16(35)8-31(11)24(32)43/h5,7-8,10,12,14,34-35H,1-4,6,9H2,(H2,27,29)(H,28,36)(H,39,40)(H,41,42)/b30-17-/t12-,14?,26?/m0/s1. The van der Waals surface area contributed by atoms with E-state index in [4.69, 9.17) is 20.1 Å². The summed E-state index contributed by atoms with van der Waals surface area (Å²) >= 11 is 0.949. The molecule has 248 valence electrons. The van der Waals surface area contributed by atoms with E-state index in [1.165, 1.54) is 5.38 Å². The smallest absolute Gasteiger partial charge is 0.372 e. The maximum Gasteiger partial charge on any atom is 0.372 e. The summed E-state index contributed by atoms with van der Waals surface area (Å²) in [5.74, 6) is -7.72. The maximum absolute atomic E-state index is 13.5. The highest BCUT2D eigenvalue weighted by atomic mass is 32.1. The van der Waals surface area contributed by atoms with Gasteiger partial charge in [-0.05, 0) is 12.8 Å². The number of aromatic hydroxyl groups is 2. The minimum Gasteiger partial charge on any atom is -0.504 e. The summed E-state index contributed by atoms with van der Waals surface area (Å²) in [5, 5.41) is 47.2. The number of carbonyl (C=O) groups is 5. The number of cyclic esters (lactones) is 1. The van der Waals surface area contributed by atoms with Crippen LogP contribution in [0.4, 0.5) is 5.13 Å². The Morgan fingerprint density at radius 2 is 1.83 bits per heavy atom. The summed E-state index contributed by atoms with van der Waals surface area (Å²) in [5.41, 5.74) is -0.201. The van der Waals surface area contributed by atoms with Crippen molar-refractivity contribution in [3.05, 3.63) is 40.0 Å². The number of anilines is 1. The SMILES string of the molecule is Nc1nc(/C(=N/OC2(C(=O)O)CCCC2)C(=O)N[C@H]2CON(C3(C(=O)O)CC(n4cc5cc(O)c(O)cn5c4=O)C(=O)O3)C2=O)cs1. The Kier molecular flexibility index (Phi) is 7.51. The fourth-order valence-corrected chi connectivity index (χ4v) is 6.14. The number of esters is 1. The summed E-state index contributed by atoms with van der Waals surface area (Å²) in [6.07, 6.45) is 2.58. The molecule has 21 heteroatoms. The molecule has 2 saturated heterocycles. The molecule has 3 aromatic heterocycles. The summed E-state index contributed by atoms with van der Waals surface area (Å²) < 4.78 is 6.89. The third-order valence-electron chi connectivity index (χ3n) is 8.05. The maximum atomic E-state index is 13.5. The first-order valence-corrected chi connectivity index (χ1v) is 14.7. The van der Waals surface area contributed by atoms with E-state index in [9.17, 15) is 49.2 Å². The number of ether oxygens (including phenoxy) is 1. The molecule has 2 amide bonds. The number of amides is 2. The van der Waals surface area contributed by atoms with Crippen molar-refractivity contribution in [1.82, 2.24) is 24.3 Å². The number of hydrogen-bond acceptors (Lipinski definition) is 15. The number of aromatic nitrogens is 3. The van der Waals surface area contributed by atoms with E-state index in [0.29, 0.717) is 12.8 Å². The Morgan fingerprint density at radius 1 is 1.11 bits per heavy atom. The highest BCUT2D eigenvalue weighted by Crippen LogP contribution is 2.40. The summed E-state index contributed by atoms with van der Waals surface area (Å²) in [6, 6.07) is -2.10. The van der Waals surface area contributed by atoms with Crippen LogP contribution >= 0.6 is 11.3 Å². The highest BCUT2D eigenvalue weighted by Gasteiger charge is 2.63. The van der Waals surface area contributed by atoms with Crippen molar-refractivity contribution in [3.63, 3.8) is 0 Å². The first-order valence-electron chi connectivity index (χ1n) is 13.9. The molecule has 7 N–H and O–H groups in total. The number of imidazole rings is 1. The van der Waals surface area contributed by atoms with Gasteiger partial charge in [-0.25, -0.2) is 24.2 Å². The van der Waals surface area contributed by atoms with Crippen molar-refractivity contribution in [3.8, 4) is 11.5 Å². The fourth-order valence-electron chi connectivity index (χ4n) is 5.59. The van der Waals surface area contributed by atoms with Crippen LogP contribution in [0.5, 0.6) is 11.5 Å². The van der Waals surface area contributed by atoms with Gasteiger partial charge in [-0.1, -0.05) is 5.16 Å². The number of fused-ring (bicyclic) bond motifs is 1. The number of rotatable bonds is 9. The fraction of sp³-hybridized carbons (Fsp3) is 0.385. The molecular formula is C26H25N7O13S. The molecule has 5 heterocycles. The quantitative estimate of drug-likeness (QED) is 0.0891. The second-order valence-corrected chi connectivity index (χ2v) is 11.8. The predicted octanol–water partition coefficient (Wildman–Crippen LogP) is -1.10. The number of carbonyl (C=O) groups excluding carboxylic acids is 3. The van der Waals surface area contributed by atoms with Crippen LogP contribution in [0.1, 0.15) is 43.8 Å². The summed E-state index contributed by atoms with van der Waals surface area (Å²) in [7, 11) is 0. The van der Waals surface area contributed by atoms with Crippen molar-refractivity contribution in [2.24, 2.45) is 5.16 Å². The molecule has 3 aromatic rings. The molecule has 0 bridgehead atoms. The lowest BCUT2D eigenvalue weighted by Crippen LogP contribution is -2.57. The lowest BCUT2D eigenvalue weighted by Gasteiger charge is -2.30. The number of thiazole rings is 1. The predicted molar refractivity (Wildman–Crippen MR) is 153 cm³/mol. The number of nitrogen functional groups attached to an aromatic ring is 1. The van der Waals surface area contributed by atoms with Crippen molar-refractivity contribution in [1.29, 1.82) is 0 Å². The van der Waals surface area contributed by atoms with Crippen molar-refractivity contribution in [2.75, 3.05) is 12.3 Å². The number of carboxylic acid groups (broad SMARTS) is 2. The number of aliphatic carboxylic acids is 2. The molecule has 2 aliphatic heterocycles. The molecule has 47 heavy (non-hydrogen) atoms. The second kappa shape index (κ2) is 11.3. The Labute approximate surface area is 265 Å². The molecule has 0 aromatic carbocycles. The largest absolute Gasteiger partial charge is 0.504 e. The lowest BCUT2D eigenvalue weighted by molar-refractivity contribution is -0.256. The van der Waals surface area contributed by atoms with E-state index in [0.717, 1.165) is 38.8 Å². The van der Waals surface area contributed by atoms with Crippen molar-refractivity contribution < 1.29 is 58.8 Å². The van der Waals surface area contributed by atoms with Gasteiger partial charge in [0.2, 0.25) is 5.60 Å². The summed E-state index contributed by atoms with van der Waals surface area (Å²) in [6.45, 7) is -0.622. The van der Waals surface area contributed by atoms with Crippen LogP contribution < -0.4 is 16.7 Å². The van der Waals surface area contributed by atoms with Gasteiger partial charge in [0, 0.05) is 30.5 Å². The molecule has 6 rings (SSSR count). The van der Waals surface area contributed by atoms with Gasteiger partial charge in [0.25, 0.3) is 11.8 Å². The Bertz CT molecular complexity index is 1930. The average molecular weight is 676 g/mol. The summed E-state index contributed by atoms with van der Waals surface area (Å²) in [4.78, 5) is 92.0. The zero-order valence-corrected chi connectivity index (χ0v) is 24.7. The van der Waals surface area contributed by atoms with Gasteiger partial charge < -0.3 is 41.1 Å². The van der Waals surface area contributed by atoms with Gasteiger partial charge in [-0.2, -0.15) is 5.06 Å². The van der Waals surface area contributed by atoms with Crippen molar-refractivity contribution >= 4 is 57.4 Å². The normalized spacial score (nSPS) is 24.1. The van der Waals surface area contributed by atoms with Crippen LogP contribution in [0, 0.1) is 0 Å². The molecule has 20 nitrogen and oxygen atoms in total. The van der Waals surface area contributed by atoms with Crippen LogP contribution in [0.2, 0.25) is 0 Å².